The quantitative estimate of drug-likeness (QED) is 0.299. The number of aliphatic hydroxyl groups is 1. The number of nitrogens with one attached hydrogen (secondary N) is 2. The van der Waals surface area contributed by atoms with Gasteiger partial charge in [0.1, 0.15) is 11.6 Å². The highest BCUT2D eigenvalue weighted by molar-refractivity contribution is 6.32. The number of carbonyl (C=O) groups excluding carboxylic acids is 2. The van der Waals surface area contributed by atoms with E-state index in [2.05, 4.69) is 15.6 Å². The largest absolute Gasteiger partial charge is 0.489 e. The number of nitrogens with zero attached hydrogens (tertiary/aromatic N) is 2. The number of rotatable bonds is 11. The summed E-state index contributed by atoms with van der Waals surface area (Å²) in [6, 6.07) is 11.6. The highest BCUT2D eigenvalue weighted by atomic mass is 35.5. The number of aryl methyl sites for hydroxylation is 1. The molecule has 0 saturated heterocycles. The Morgan fingerprint density at radius 1 is 1.14 bits per heavy atom. The minimum atomic E-state index is -0.605. The van der Waals surface area contributed by atoms with Gasteiger partial charge >= 0.3 is 6.03 Å². The molecule has 9 nitrogen and oxygen atoms in total. The molecule has 1 aromatic heterocycles. The molecule has 10 heteroatoms. The van der Waals surface area contributed by atoms with E-state index in [0.29, 0.717) is 35.0 Å². The molecule has 3 rings (SSSR count). The summed E-state index contributed by atoms with van der Waals surface area (Å²) in [6.07, 6.45) is 2.81. The zero-order valence-electron chi connectivity index (χ0n) is 21.5. The van der Waals surface area contributed by atoms with Crippen molar-refractivity contribution in [2.75, 3.05) is 6.61 Å². The van der Waals surface area contributed by atoms with Gasteiger partial charge in [0.25, 0.3) is 5.91 Å². The molecule has 198 valence electrons. The number of hydrogen-bond donors (Lipinski definition) is 4. The molecular formula is C27H34ClN5O4. The molecule has 0 radical (unpaired) electrons. The fourth-order valence-corrected chi connectivity index (χ4v) is 4.26. The first-order chi connectivity index (χ1) is 17.6. The maximum absolute atomic E-state index is 12.9. The standard InChI is InChI=1S/C27H34ClN5O4/c1-16(2)37-24-10-9-20(14-22(24)28)26(35)31-21(11-12-34)13-18-5-7-19(8-6-18)23-15-33(4)25(32-23)17(3)30-27(29)36/h5-10,14-17,21,34H,11-13H2,1-4H3,(H,31,35)(H3,29,30,36)/t17?,21-/m1/s1. The van der Waals surface area contributed by atoms with Crippen LogP contribution in [0.5, 0.6) is 5.75 Å². The highest BCUT2D eigenvalue weighted by Gasteiger charge is 2.18. The average molecular weight is 528 g/mol. The monoisotopic (exact) mass is 527 g/mol. The number of halogens is 1. The summed E-state index contributed by atoms with van der Waals surface area (Å²) in [5.41, 5.74) is 8.33. The van der Waals surface area contributed by atoms with Crippen molar-refractivity contribution >= 4 is 23.5 Å². The molecule has 1 unspecified atom stereocenters. The molecule has 3 aromatic rings. The van der Waals surface area contributed by atoms with E-state index < -0.39 is 6.03 Å². The smallest absolute Gasteiger partial charge is 0.312 e. The maximum atomic E-state index is 12.9. The average Bonchev–Trinajstić information content (AvgIpc) is 3.22. The van der Waals surface area contributed by atoms with Gasteiger partial charge in [-0.1, -0.05) is 35.9 Å². The molecule has 0 spiro atoms. The Kier molecular flexibility index (Phi) is 9.54. The Morgan fingerprint density at radius 3 is 2.43 bits per heavy atom. The lowest BCUT2D eigenvalue weighted by atomic mass is 10.0. The lowest BCUT2D eigenvalue weighted by Crippen LogP contribution is -2.37. The third-order valence-electron chi connectivity index (χ3n) is 5.76. The molecule has 2 aromatic carbocycles. The minimum Gasteiger partial charge on any atom is -0.489 e. The Hall–Kier alpha value is -3.56. The van der Waals surface area contributed by atoms with Gasteiger partial charge in [-0.05, 0) is 57.4 Å². The Balaban J connectivity index is 1.68. The highest BCUT2D eigenvalue weighted by Crippen LogP contribution is 2.27. The van der Waals surface area contributed by atoms with Crippen molar-refractivity contribution in [1.29, 1.82) is 0 Å². The van der Waals surface area contributed by atoms with E-state index >= 15 is 0 Å². The van der Waals surface area contributed by atoms with Crippen LogP contribution < -0.4 is 21.1 Å². The summed E-state index contributed by atoms with van der Waals surface area (Å²) >= 11 is 6.29. The van der Waals surface area contributed by atoms with Gasteiger partial charge in [-0.3, -0.25) is 4.79 Å². The molecule has 0 fully saturated rings. The number of nitrogens with two attached hydrogens (primary N) is 1. The number of urea groups is 1. The first kappa shape index (κ1) is 28.0. The van der Waals surface area contributed by atoms with Crippen molar-refractivity contribution in [3.8, 4) is 17.0 Å². The van der Waals surface area contributed by atoms with Crippen molar-refractivity contribution in [2.24, 2.45) is 12.8 Å². The van der Waals surface area contributed by atoms with Gasteiger partial charge in [0.2, 0.25) is 0 Å². The molecule has 1 heterocycles. The Morgan fingerprint density at radius 2 is 1.84 bits per heavy atom. The summed E-state index contributed by atoms with van der Waals surface area (Å²) < 4.78 is 7.48. The number of amides is 3. The fraction of sp³-hybridized carbons (Fsp3) is 0.370. The van der Waals surface area contributed by atoms with Crippen molar-refractivity contribution in [2.45, 2.75) is 51.8 Å². The number of carbonyl (C=O) groups is 2. The lowest BCUT2D eigenvalue weighted by Gasteiger charge is -2.19. The predicted octanol–water partition coefficient (Wildman–Crippen LogP) is 3.98. The van der Waals surface area contributed by atoms with Crippen LogP contribution in [0.1, 0.15) is 55.0 Å². The minimum absolute atomic E-state index is 0.0281. The number of aromatic nitrogens is 2. The van der Waals surface area contributed by atoms with Crippen molar-refractivity contribution in [3.05, 3.63) is 70.6 Å². The molecule has 2 atom stereocenters. The van der Waals surface area contributed by atoms with Crippen LogP contribution in [-0.4, -0.2) is 45.3 Å². The number of hydrogen-bond acceptors (Lipinski definition) is 5. The van der Waals surface area contributed by atoms with E-state index in [1.165, 1.54) is 0 Å². The van der Waals surface area contributed by atoms with Crippen LogP contribution in [0, 0.1) is 0 Å². The second kappa shape index (κ2) is 12.6. The van der Waals surface area contributed by atoms with Gasteiger partial charge in [0.05, 0.1) is 22.9 Å². The summed E-state index contributed by atoms with van der Waals surface area (Å²) in [6.45, 7) is 5.57. The van der Waals surface area contributed by atoms with E-state index in [4.69, 9.17) is 22.1 Å². The summed E-state index contributed by atoms with van der Waals surface area (Å²) in [7, 11) is 1.86. The molecule has 0 saturated carbocycles. The topological polar surface area (TPSA) is 132 Å². The van der Waals surface area contributed by atoms with E-state index in [1.807, 2.05) is 62.8 Å². The van der Waals surface area contributed by atoms with Crippen LogP contribution in [0.15, 0.2) is 48.7 Å². The number of aliphatic hydroxyl groups excluding tert-OH is 1. The van der Waals surface area contributed by atoms with E-state index in [0.717, 1.165) is 16.8 Å². The first-order valence-electron chi connectivity index (χ1n) is 12.1. The SMILES string of the molecule is CC(C)Oc1ccc(C(=O)N[C@H](CCO)Cc2ccc(-c3cn(C)c(C(C)NC(N)=O)n3)cc2)cc1Cl. The molecule has 0 aliphatic heterocycles. The molecular weight excluding hydrogens is 494 g/mol. The second-order valence-electron chi connectivity index (χ2n) is 9.22. The number of benzene rings is 2. The number of ether oxygens (including phenoxy) is 1. The lowest BCUT2D eigenvalue weighted by molar-refractivity contribution is 0.0930. The molecule has 3 amide bonds. The Labute approximate surface area is 222 Å². The summed E-state index contributed by atoms with van der Waals surface area (Å²) in [5, 5.41) is 15.5. The van der Waals surface area contributed by atoms with Gasteiger partial charge in [-0.2, -0.15) is 0 Å². The number of primary amides is 1. The van der Waals surface area contributed by atoms with Crippen LogP contribution in [-0.2, 0) is 13.5 Å². The van der Waals surface area contributed by atoms with Gasteiger partial charge in [-0.15, -0.1) is 0 Å². The van der Waals surface area contributed by atoms with Gasteiger partial charge in [-0.25, -0.2) is 9.78 Å². The second-order valence-corrected chi connectivity index (χ2v) is 9.63. The molecule has 0 aliphatic rings. The van der Waals surface area contributed by atoms with E-state index in [1.54, 1.807) is 18.2 Å². The van der Waals surface area contributed by atoms with Crippen LogP contribution in [0.4, 0.5) is 4.79 Å². The summed E-state index contributed by atoms with van der Waals surface area (Å²) in [4.78, 5) is 28.7. The van der Waals surface area contributed by atoms with Gasteiger partial charge in [0, 0.05) is 37.0 Å². The number of imidazole rings is 1. The van der Waals surface area contributed by atoms with Gasteiger partial charge in [0.15, 0.2) is 0 Å². The van der Waals surface area contributed by atoms with E-state index in [-0.39, 0.29) is 30.7 Å². The zero-order valence-corrected chi connectivity index (χ0v) is 22.2. The molecule has 37 heavy (non-hydrogen) atoms. The molecule has 0 aliphatic carbocycles. The maximum Gasteiger partial charge on any atom is 0.312 e. The van der Waals surface area contributed by atoms with Crippen molar-refractivity contribution < 1.29 is 19.4 Å². The predicted molar refractivity (Wildman–Crippen MR) is 144 cm³/mol. The fourth-order valence-electron chi connectivity index (χ4n) is 4.04. The van der Waals surface area contributed by atoms with Crippen LogP contribution in [0.3, 0.4) is 0 Å². The van der Waals surface area contributed by atoms with Crippen LogP contribution >= 0.6 is 11.6 Å². The van der Waals surface area contributed by atoms with Crippen molar-refractivity contribution in [1.82, 2.24) is 20.2 Å². The van der Waals surface area contributed by atoms with Crippen LogP contribution in [0.25, 0.3) is 11.3 Å². The van der Waals surface area contributed by atoms with Gasteiger partial charge < -0.3 is 30.8 Å². The van der Waals surface area contributed by atoms with E-state index in [9.17, 15) is 14.7 Å². The summed E-state index contributed by atoms with van der Waals surface area (Å²) in [5.74, 6) is 0.944. The normalized spacial score (nSPS) is 12.7. The Bertz CT molecular complexity index is 1230. The third kappa shape index (κ3) is 7.71. The molecule has 5 N–H and O–H groups in total. The zero-order chi connectivity index (χ0) is 27.1. The van der Waals surface area contributed by atoms with Crippen molar-refractivity contribution in [3.63, 3.8) is 0 Å². The van der Waals surface area contributed by atoms with Crippen LogP contribution in [0.2, 0.25) is 5.02 Å². The molecule has 0 bridgehead atoms. The third-order valence-corrected chi connectivity index (χ3v) is 6.06. The first-order valence-corrected chi connectivity index (χ1v) is 12.5.